The number of hydrogen-bond donors (Lipinski definition) is 1. The van der Waals surface area contributed by atoms with Crippen molar-refractivity contribution < 1.29 is 9.90 Å². The fraction of sp³-hybridized carbons (Fsp3) is 0.611. The molecule has 0 radical (unpaired) electrons. The number of halogens is 1. The summed E-state index contributed by atoms with van der Waals surface area (Å²) < 4.78 is 0. The molecule has 2 rings (SSSR count). The third-order valence-electron chi connectivity index (χ3n) is 4.13. The first-order valence-electron chi connectivity index (χ1n) is 8.10. The summed E-state index contributed by atoms with van der Waals surface area (Å²) in [6.07, 6.45) is 12.4. The van der Waals surface area contributed by atoms with Gasteiger partial charge in [-0.15, -0.1) is 0 Å². The van der Waals surface area contributed by atoms with Crippen LogP contribution < -0.4 is 0 Å². The Hall–Kier alpha value is -1.02. The number of carboxylic acid groups (broad SMARTS) is 1. The van der Waals surface area contributed by atoms with Crippen molar-refractivity contribution in [2.24, 2.45) is 0 Å². The Bertz CT molecular complexity index is 390. The molecule has 0 saturated heterocycles. The summed E-state index contributed by atoms with van der Waals surface area (Å²) in [6, 6.07) is 9.49. The minimum Gasteiger partial charge on any atom is -0.469 e. The molecule has 21 heavy (non-hydrogen) atoms. The van der Waals surface area contributed by atoms with Gasteiger partial charge in [-0.3, -0.25) is 0 Å². The summed E-state index contributed by atoms with van der Waals surface area (Å²) in [5, 5.41) is 7.18. The zero-order chi connectivity index (χ0) is 15.5. The molecule has 1 aromatic rings. The van der Waals surface area contributed by atoms with E-state index in [0.717, 1.165) is 5.92 Å². The summed E-state index contributed by atoms with van der Waals surface area (Å²) in [4.78, 5) is 8.77. The van der Waals surface area contributed by atoms with Crippen LogP contribution in [0.3, 0.4) is 0 Å². The van der Waals surface area contributed by atoms with E-state index in [-0.39, 0.29) is 0 Å². The summed E-state index contributed by atoms with van der Waals surface area (Å²) in [6.45, 7) is 2.27. The first-order valence-corrected chi connectivity index (χ1v) is 8.48. The maximum Gasteiger partial charge on any atom is 0.401 e. The summed E-state index contributed by atoms with van der Waals surface area (Å²) in [5.74, 6) is 0.855. The van der Waals surface area contributed by atoms with Crippen molar-refractivity contribution in [1.82, 2.24) is 0 Å². The number of benzene rings is 1. The fourth-order valence-electron chi connectivity index (χ4n) is 2.97. The van der Waals surface area contributed by atoms with Crippen LogP contribution in [0.2, 0.25) is 0 Å². The summed E-state index contributed by atoms with van der Waals surface area (Å²) in [7, 11) is 0. The van der Waals surface area contributed by atoms with E-state index in [0.29, 0.717) is 0 Å². The molecule has 0 aromatic heterocycles. The van der Waals surface area contributed by atoms with Gasteiger partial charge in [0.15, 0.2) is 0 Å². The lowest BCUT2D eigenvalue weighted by Crippen LogP contribution is -2.04. The van der Waals surface area contributed by atoms with Gasteiger partial charge in [-0.2, -0.15) is 0 Å². The Morgan fingerprint density at radius 3 is 2.24 bits per heavy atom. The van der Waals surface area contributed by atoms with Crippen LogP contribution >= 0.6 is 11.6 Å². The zero-order valence-corrected chi connectivity index (χ0v) is 13.7. The predicted octanol–water partition coefficient (Wildman–Crippen LogP) is 6.37. The van der Waals surface area contributed by atoms with Gasteiger partial charge in [0.2, 0.25) is 0 Å². The van der Waals surface area contributed by atoms with Crippen LogP contribution in [0.15, 0.2) is 24.3 Å². The van der Waals surface area contributed by atoms with Crippen LogP contribution in [0, 0.1) is 0 Å². The smallest absolute Gasteiger partial charge is 0.401 e. The van der Waals surface area contributed by atoms with Gasteiger partial charge in [0.25, 0.3) is 0 Å². The summed E-state index contributed by atoms with van der Waals surface area (Å²) >= 11 is 4.19. The van der Waals surface area contributed by atoms with Gasteiger partial charge in [0, 0.05) is 11.6 Å². The van der Waals surface area contributed by atoms with E-state index < -0.39 is 5.43 Å². The van der Waals surface area contributed by atoms with Crippen molar-refractivity contribution in [1.29, 1.82) is 0 Å². The monoisotopic (exact) mass is 310 g/mol. The minimum absolute atomic E-state index is 0.855. The van der Waals surface area contributed by atoms with E-state index in [1.807, 2.05) is 0 Å². The van der Waals surface area contributed by atoms with Crippen LogP contribution in [-0.4, -0.2) is 10.5 Å². The van der Waals surface area contributed by atoms with Gasteiger partial charge < -0.3 is 5.11 Å². The second-order valence-electron chi connectivity index (χ2n) is 5.79. The number of unbranched alkanes of at least 4 members (excludes halogenated alkanes) is 2. The molecule has 0 atom stereocenters. The highest BCUT2D eigenvalue weighted by Crippen LogP contribution is 2.32. The second kappa shape index (κ2) is 10.7. The van der Waals surface area contributed by atoms with Crippen molar-refractivity contribution in [3.05, 3.63) is 35.4 Å². The van der Waals surface area contributed by atoms with Gasteiger partial charge in [0.1, 0.15) is 0 Å². The molecule has 3 heteroatoms. The maximum atomic E-state index is 8.77. The van der Waals surface area contributed by atoms with Crippen molar-refractivity contribution in [3.8, 4) is 0 Å². The molecule has 1 N–H and O–H groups in total. The number of hydrogen-bond acceptors (Lipinski definition) is 1. The van der Waals surface area contributed by atoms with Gasteiger partial charge in [-0.05, 0) is 42.7 Å². The molecule has 1 fully saturated rings. The number of rotatable bonds is 5. The average Bonchev–Trinajstić information content (AvgIpc) is 2.49. The molecule has 0 spiro atoms. The molecule has 0 heterocycles. The van der Waals surface area contributed by atoms with Crippen LogP contribution in [0.5, 0.6) is 0 Å². The molecular formula is C18H27ClO2. The van der Waals surface area contributed by atoms with E-state index in [2.05, 4.69) is 42.8 Å². The molecule has 0 unspecified atom stereocenters. The Labute approximate surface area is 133 Å². The molecule has 2 nitrogen and oxygen atoms in total. The molecule has 0 aliphatic heterocycles. The van der Waals surface area contributed by atoms with Crippen molar-refractivity contribution >= 4 is 17.0 Å². The van der Waals surface area contributed by atoms with Crippen LogP contribution in [0.1, 0.15) is 75.3 Å². The molecule has 1 aromatic carbocycles. The Morgan fingerprint density at radius 1 is 1.14 bits per heavy atom. The minimum atomic E-state index is -1.36. The fourth-order valence-corrected chi connectivity index (χ4v) is 2.97. The van der Waals surface area contributed by atoms with Crippen LogP contribution in [0.4, 0.5) is 4.79 Å². The van der Waals surface area contributed by atoms with Crippen LogP contribution in [-0.2, 0) is 6.42 Å². The number of carbonyl (C=O) groups is 1. The van der Waals surface area contributed by atoms with Crippen molar-refractivity contribution in [2.45, 2.75) is 70.6 Å². The Morgan fingerprint density at radius 2 is 1.71 bits per heavy atom. The molecule has 0 bridgehead atoms. The van der Waals surface area contributed by atoms with E-state index >= 15 is 0 Å². The third kappa shape index (κ3) is 8.11. The van der Waals surface area contributed by atoms with Gasteiger partial charge in [-0.25, -0.2) is 4.79 Å². The molecule has 1 aliphatic rings. The lowest BCUT2D eigenvalue weighted by Gasteiger charge is -2.22. The van der Waals surface area contributed by atoms with Crippen molar-refractivity contribution in [2.75, 3.05) is 0 Å². The second-order valence-corrected chi connectivity index (χ2v) is 6.11. The largest absolute Gasteiger partial charge is 0.469 e. The van der Waals surface area contributed by atoms with Gasteiger partial charge >= 0.3 is 5.43 Å². The van der Waals surface area contributed by atoms with Gasteiger partial charge in [-0.1, -0.05) is 63.3 Å². The number of aryl methyl sites for hydroxylation is 1. The Balaban J connectivity index is 0.000000491. The quantitative estimate of drug-likeness (QED) is 0.506. The first-order chi connectivity index (χ1) is 10.1. The first kappa shape index (κ1) is 18.0. The molecule has 118 valence electrons. The van der Waals surface area contributed by atoms with Crippen LogP contribution in [0.25, 0.3) is 0 Å². The molecule has 1 saturated carbocycles. The van der Waals surface area contributed by atoms with Crippen molar-refractivity contribution in [3.63, 3.8) is 0 Å². The zero-order valence-electron chi connectivity index (χ0n) is 13.0. The highest BCUT2D eigenvalue weighted by atomic mass is 35.5. The third-order valence-corrected chi connectivity index (χ3v) is 4.13. The highest BCUT2D eigenvalue weighted by Gasteiger charge is 2.14. The lowest BCUT2D eigenvalue weighted by atomic mass is 9.84. The van der Waals surface area contributed by atoms with Gasteiger partial charge in [0.05, 0.1) is 0 Å². The highest BCUT2D eigenvalue weighted by molar-refractivity contribution is 6.60. The maximum absolute atomic E-state index is 8.77. The topological polar surface area (TPSA) is 37.3 Å². The molecule has 0 amide bonds. The standard InChI is InChI=1S/C17H26.CHClO2/c1-2-3-5-8-15-11-13-17(14-12-15)16-9-6-4-7-10-16;2-1(3)4/h11-14,16H,2-10H2,1H3;(H,3,4). The Kier molecular flexibility index (Phi) is 9.16. The van der Waals surface area contributed by atoms with E-state index in [4.69, 9.17) is 9.90 Å². The van der Waals surface area contributed by atoms with E-state index in [9.17, 15) is 0 Å². The molecular weight excluding hydrogens is 284 g/mol. The van der Waals surface area contributed by atoms with E-state index in [1.54, 1.807) is 5.56 Å². The summed E-state index contributed by atoms with van der Waals surface area (Å²) in [5.41, 5.74) is 1.75. The predicted molar refractivity (Wildman–Crippen MR) is 89.4 cm³/mol. The average molecular weight is 311 g/mol. The van der Waals surface area contributed by atoms with E-state index in [1.165, 1.54) is 63.4 Å². The normalized spacial score (nSPS) is 15.1. The lowest BCUT2D eigenvalue weighted by molar-refractivity contribution is 0.220. The SMILES string of the molecule is CCCCCc1ccc(C2CCCCC2)cc1.O=C(O)Cl. The molecule has 1 aliphatic carbocycles.